The highest BCUT2D eigenvalue weighted by Gasteiger charge is 2.43. The molecule has 0 aromatic carbocycles. The molecule has 1 aliphatic rings. The molecule has 1 aliphatic carbocycles. The predicted molar refractivity (Wildman–Crippen MR) is 78.7 cm³/mol. The van der Waals surface area contributed by atoms with Gasteiger partial charge >= 0.3 is 0 Å². The fourth-order valence-electron chi connectivity index (χ4n) is 3.78. The van der Waals surface area contributed by atoms with Crippen molar-refractivity contribution in [3.8, 4) is 0 Å². The van der Waals surface area contributed by atoms with E-state index < -0.39 is 0 Å². The molecule has 0 amide bonds. The van der Waals surface area contributed by atoms with Crippen molar-refractivity contribution >= 4 is 0 Å². The van der Waals surface area contributed by atoms with Crippen LogP contribution in [0, 0.1) is 11.8 Å². The zero-order chi connectivity index (χ0) is 13.8. The van der Waals surface area contributed by atoms with Crippen molar-refractivity contribution in [1.29, 1.82) is 0 Å². The monoisotopic (exact) mass is 255 g/mol. The van der Waals surface area contributed by atoms with E-state index in [1.807, 2.05) is 0 Å². The maximum atomic E-state index is 10.8. The lowest BCUT2D eigenvalue weighted by Gasteiger charge is -2.49. The van der Waals surface area contributed by atoms with E-state index in [9.17, 15) is 5.11 Å². The molecule has 0 saturated heterocycles. The fourth-order valence-corrected chi connectivity index (χ4v) is 3.78. The molecule has 4 unspecified atom stereocenters. The molecule has 0 aliphatic heterocycles. The van der Waals surface area contributed by atoms with Crippen LogP contribution in [0.3, 0.4) is 0 Å². The van der Waals surface area contributed by atoms with Gasteiger partial charge in [-0.05, 0) is 45.2 Å². The Labute approximate surface area is 114 Å². The minimum Gasteiger partial charge on any atom is -0.391 e. The van der Waals surface area contributed by atoms with E-state index in [1.165, 1.54) is 25.7 Å². The molecule has 1 fully saturated rings. The summed E-state index contributed by atoms with van der Waals surface area (Å²) >= 11 is 0. The number of aliphatic hydroxyl groups excluding tert-OH is 1. The summed E-state index contributed by atoms with van der Waals surface area (Å²) in [4.78, 5) is 2.30. The van der Waals surface area contributed by atoms with E-state index in [2.05, 4.69) is 39.8 Å². The quantitative estimate of drug-likeness (QED) is 0.782. The van der Waals surface area contributed by atoms with Gasteiger partial charge in [-0.3, -0.25) is 0 Å². The van der Waals surface area contributed by atoms with E-state index in [4.69, 9.17) is 0 Å². The van der Waals surface area contributed by atoms with E-state index in [-0.39, 0.29) is 11.6 Å². The number of hydrogen-bond donors (Lipinski definition) is 1. The number of hydrogen-bond acceptors (Lipinski definition) is 2. The maximum Gasteiger partial charge on any atom is 0.0726 e. The molecule has 1 saturated carbocycles. The second-order valence-corrected chi connectivity index (χ2v) is 6.84. The third-order valence-electron chi connectivity index (χ3n) is 4.93. The second-order valence-electron chi connectivity index (χ2n) is 6.84. The molecule has 2 heteroatoms. The predicted octanol–water partition coefficient (Wildman–Crippen LogP) is 3.68. The molecule has 1 rings (SSSR count). The maximum absolute atomic E-state index is 10.8. The second kappa shape index (κ2) is 6.91. The summed E-state index contributed by atoms with van der Waals surface area (Å²) in [6.07, 6.45) is 8.14. The Bertz CT molecular complexity index is 241. The fraction of sp³-hybridized carbons (Fsp3) is 1.00. The standard InChI is InChI=1S/C16H33NO/c1-6-8-13(2)11-15(18)16(17(4)5)10-7-9-14(3)12-16/h13-15,18H,6-12H2,1-5H3. The Morgan fingerprint density at radius 3 is 2.56 bits per heavy atom. The van der Waals surface area contributed by atoms with Crippen molar-refractivity contribution < 1.29 is 5.11 Å². The Hall–Kier alpha value is -0.0800. The summed E-state index contributed by atoms with van der Waals surface area (Å²) in [5.74, 6) is 1.39. The molecule has 2 nitrogen and oxygen atoms in total. The molecule has 0 aromatic heterocycles. The average Bonchev–Trinajstić information content (AvgIpc) is 2.28. The van der Waals surface area contributed by atoms with Crippen LogP contribution in [0.15, 0.2) is 0 Å². The number of rotatable bonds is 6. The lowest BCUT2D eigenvalue weighted by atomic mass is 9.70. The molecule has 4 atom stereocenters. The van der Waals surface area contributed by atoms with E-state index in [0.29, 0.717) is 5.92 Å². The van der Waals surface area contributed by atoms with Gasteiger partial charge in [0.05, 0.1) is 6.10 Å². The Morgan fingerprint density at radius 2 is 2.06 bits per heavy atom. The van der Waals surface area contributed by atoms with Crippen molar-refractivity contribution in [2.75, 3.05) is 14.1 Å². The van der Waals surface area contributed by atoms with Crippen LogP contribution in [0.1, 0.15) is 65.7 Å². The summed E-state index contributed by atoms with van der Waals surface area (Å²) in [6.45, 7) is 6.84. The summed E-state index contributed by atoms with van der Waals surface area (Å²) in [6, 6.07) is 0. The first-order chi connectivity index (χ1) is 8.42. The number of nitrogens with zero attached hydrogens (tertiary/aromatic N) is 1. The van der Waals surface area contributed by atoms with Gasteiger partial charge in [-0.2, -0.15) is 0 Å². The number of aliphatic hydroxyl groups is 1. The first-order valence-corrected chi connectivity index (χ1v) is 7.78. The zero-order valence-corrected chi connectivity index (χ0v) is 13.1. The van der Waals surface area contributed by atoms with E-state index >= 15 is 0 Å². The lowest BCUT2D eigenvalue weighted by Crippen LogP contribution is -2.56. The first-order valence-electron chi connectivity index (χ1n) is 7.78. The van der Waals surface area contributed by atoms with E-state index in [1.54, 1.807) is 0 Å². The molecule has 0 aromatic rings. The molecule has 0 radical (unpaired) electrons. The molecule has 0 heterocycles. The molecule has 0 spiro atoms. The summed E-state index contributed by atoms with van der Waals surface area (Å²) in [5.41, 5.74) is 0.0274. The van der Waals surface area contributed by atoms with Crippen LogP contribution >= 0.6 is 0 Å². The minimum atomic E-state index is -0.170. The van der Waals surface area contributed by atoms with Crippen LogP contribution in [-0.4, -0.2) is 35.7 Å². The van der Waals surface area contributed by atoms with Gasteiger partial charge in [0, 0.05) is 5.54 Å². The largest absolute Gasteiger partial charge is 0.391 e. The van der Waals surface area contributed by atoms with Crippen LogP contribution in [0.25, 0.3) is 0 Å². The molecule has 108 valence electrons. The van der Waals surface area contributed by atoms with Gasteiger partial charge in [0.2, 0.25) is 0 Å². The smallest absolute Gasteiger partial charge is 0.0726 e. The highest BCUT2D eigenvalue weighted by molar-refractivity contribution is 4.98. The summed E-state index contributed by atoms with van der Waals surface area (Å²) in [7, 11) is 4.29. The lowest BCUT2D eigenvalue weighted by molar-refractivity contribution is -0.0529. The first kappa shape index (κ1) is 16.0. The van der Waals surface area contributed by atoms with Crippen molar-refractivity contribution in [2.24, 2.45) is 11.8 Å². The molecule has 0 bridgehead atoms. The third kappa shape index (κ3) is 3.71. The Kier molecular flexibility index (Phi) is 6.13. The Morgan fingerprint density at radius 1 is 1.39 bits per heavy atom. The van der Waals surface area contributed by atoms with Gasteiger partial charge < -0.3 is 10.0 Å². The summed E-state index contributed by atoms with van der Waals surface area (Å²) < 4.78 is 0. The minimum absolute atomic E-state index is 0.0274. The van der Waals surface area contributed by atoms with Gasteiger partial charge in [-0.25, -0.2) is 0 Å². The van der Waals surface area contributed by atoms with Gasteiger partial charge in [0.1, 0.15) is 0 Å². The van der Waals surface area contributed by atoms with Crippen molar-refractivity contribution in [3.63, 3.8) is 0 Å². The topological polar surface area (TPSA) is 23.5 Å². The van der Waals surface area contributed by atoms with Gasteiger partial charge in [0.25, 0.3) is 0 Å². The molecular weight excluding hydrogens is 222 g/mol. The highest BCUT2D eigenvalue weighted by atomic mass is 16.3. The Balaban J connectivity index is 2.71. The zero-order valence-electron chi connectivity index (χ0n) is 13.1. The van der Waals surface area contributed by atoms with Crippen LogP contribution in [0.2, 0.25) is 0 Å². The van der Waals surface area contributed by atoms with Crippen LogP contribution in [-0.2, 0) is 0 Å². The highest BCUT2D eigenvalue weighted by Crippen LogP contribution is 2.40. The third-order valence-corrected chi connectivity index (χ3v) is 4.93. The van der Waals surface area contributed by atoms with Crippen LogP contribution < -0.4 is 0 Å². The van der Waals surface area contributed by atoms with Crippen molar-refractivity contribution in [3.05, 3.63) is 0 Å². The molecule has 1 N–H and O–H groups in total. The number of likely N-dealkylation sites (N-methyl/N-ethyl adjacent to an activating group) is 1. The summed E-state index contributed by atoms with van der Waals surface area (Å²) in [5, 5.41) is 10.8. The molecule has 18 heavy (non-hydrogen) atoms. The van der Waals surface area contributed by atoms with Crippen molar-refractivity contribution in [1.82, 2.24) is 4.90 Å². The SMILES string of the molecule is CCCC(C)CC(O)C1(N(C)C)CCCC(C)C1. The van der Waals surface area contributed by atoms with Gasteiger partial charge in [-0.15, -0.1) is 0 Å². The van der Waals surface area contributed by atoms with Crippen molar-refractivity contribution in [2.45, 2.75) is 77.4 Å². The van der Waals surface area contributed by atoms with Gasteiger partial charge in [-0.1, -0.05) is 46.5 Å². The average molecular weight is 255 g/mol. The van der Waals surface area contributed by atoms with Gasteiger partial charge in [0.15, 0.2) is 0 Å². The van der Waals surface area contributed by atoms with E-state index in [0.717, 1.165) is 25.2 Å². The molecular formula is C16H33NO. The van der Waals surface area contributed by atoms with Crippen LogP contribution in [0.5, 0.6) is 0 Å². The van der Waals surface area contributed by atoms with Crippen LogP contribution in [0.4, 0.5) is 0 Å². The normalized spacial score (nSPS) is 32.5.